The number of hydrogen-bond donors (Lipinski definition) is 6. The van der Waals surface area contributed by atoms with E-state index in [1.807, 2.05) is 76.2 Å². The number of benzene rings is 2. The van der Waals surface area contributed by atoms with E-state index >= 15 is 0 Å². The first-order valence-electron chi connectivity index (χ1n) is 16.6. The number of carboxylic acid groups (broad SMARTS) is 1. The standard InChI is InChI=1S/C36H45BrN6O5/c1-20(2)16-29(42-36(48)43-21(3)10-9-11-22(43)4)33(44)40-30(18-26-25-13-6-8-15-28(25)39-32(26)37)34(45)41-31(35(46)47)17-23-19-38-27-14-7-5-12-24(23)27/h5-8,12-15,19-22,29-31,38-39H,9-11,16-18H2,1-4H3,(H,40,44)(H,41,45)(H,42,48)(H,46,47)/t21-,22+,29-,30+,31+/m0/s1. The number of carbonyl (C=O) groups is 4. The molecule has 3 heterocycles. The van der Waals surface area contributed by atoms with Crippen molar-refractivity contribution in [2.45, 2.75) is 96.4 Å². The van der Waals surface area contributed by atoms with Crippen LogP contribution in [0.5, 0.6) is 0 Å². The molecule has 1 aliphatic heterocycles. The highest BCUT2D eigenvalue weighted by atomic mass is 79.9. The number of carbonyl (C=O) groups excluding carboxylic acids is 3. The van der Waals surface area contributed by atoms with Crippen LogP contribution < -0.4 is 16.0 Å². The van der Waals surface area contributed by atoms with Crippen LogP contribution in [0.3, 0.4) is 0 Å². The third kappa shape index (κ3) is 8.03. The molecule has 4 aromatic rings. The largest absolute Gasteiger partial charge is 0.480 e. The van der Waals surface area contributed by atoms with Gasteiger partial charge in [0.25, 0.3) is 0 Å². The molecular formula is C36H45BrN6O5. The van der Waals surface area contributed by atoms with E-state index in [-0.39, 0.29) is 36.9 Å². The van der Waals surface area contributed by atoms with Crippen LogP contribution in [0.4, 0.5) is 4.79 Å². The smallest absolute Gasteiger partial charge is 0.326 e. The second kappa shape index (κ2) is 15.3. The second-order valence-electron chi connectivity index (χ2n) is 13.4. The fourth-order valence-corrected chi connectivity index (χ4v) is 7.38. The van der Waals surface area contributed by atoms with E-state index in [9.17, 15) is 24.3 Å². The van der Waals surface area contributed by atoms with Crippen LogP contribution in [-0.4, -0.2) is 74.0 Å². The number of aliphatic carboxylic acids is 1. The molecule has 0 aliphatic carbocycles. The van der Waals surface area contributed by atoms with Gasteiger partial charge in [-0.05, 0) is 84.6 Å². The number of urea groups is 1. The summed E-state index contributed by atoms with van der Waals surface area (Å²) in [5, 5.41) is 20.5. The Labute approximate surface area is 288 Å². The Morgan fingerprint density at radius 2 is 1.46 bits per heavy atom. The number of amides is 4. The van der Waals surface area contributed by atoms with Crippen LogP contribution in [-0.2, 0) is 27.2 Å². The van der Waals surface area contributed by atoms with Crippen LogP contribution in [0.2, 0.25) is 0 Å². The summed E-state index contributed by atoms with van der Waals surface area (Å²) in [4.78, 5) is 62.3. The maximum atomic E-state index is 14.0. The molecule has 0 saturated carbocycles. The maximum Gasteiger partial charge on any atom is 0.326 e. The quantitative estimate of drug-likeness (QED) is 0.112. The summed E-state index contributed by atoms with van der Waals surface area (Å²) in [6.07, 6.45) is 5.05. The van der Waals surface area contributed by atoms with Crippen molar-refractivity contribution in [1.82, 2.24) is 30.8 Å². The number of fused-ring (bicyclic) bond motifs is 2. The van der Waals surface area contributed by atoms with E-state index in [4.69, 9.17) is 0 Å². The van der Waals surface area contributed by atoms with Crippen LogP contribution in [0.1, 0.15) is 64.5 Å². The summed E-state index contributed by atoms with van der Waals surface area (Å²) in [7, 11) is 0. The molecule has 11 nitrogen and oxygen atoms in total. The molecule has 1 saturated heterocycles. The second-order valence-corrected chi connectivity index (χ2v) is 14.2. The van der Waals surface area contributed by atoms with E-state index in [1.165, 1.54) is 0 Å². The third-order valence-electron chi connectivity index (χ3n) is 9.27. The van der Waals surface area contributed by atoms with E-state index in [0.29, 0.717) is 11.0 Å². The molecule has 0 radical (unpaired) electrons. The molecule has 6 N–H and O–H groups in total. The Morgan fingerprint density at radius 3 is 2.12 bits per heavy atom. The zero-order valence-electron chi connectivity index (χ0n) is 27.8. The number of aromatic amines is 2. The highest BCUT2D eigenvalue weighted by Crippen LogP contribution is 2.28. The summed E-state index contributed by atoms with van der Waals surface area (Å²) in [6, 6.07) is 11.7. The molecular weight excluding hydrogens is 676 g/mol. The van der Waals surface area contributed by atoms with Gasteiger partial charge in [0, 0.05) is 52.9 Å². The van der Waals surface area contributed by atoms with Crippen LogP contribution in [0, 0.1) is 5.92 Å². The van der Waals surface area contributed by atoms with Crippen molar-refractivity contribution in [3.8, 4) is 0 Å². The molecule has 2 aromatic heterocycles. The molecule has 1 aliphatic rings. The summed E-state index contributed by atoms with van der Waals surface area (Å²) in [5.74, 6) is -2.27. The van der Waals surface area contributed by atoms with Gasteiger partial charge < -0.3 is 35.9 Å². The Balaban J connectivity index is 1.41. The predicted molar refractivity (Wildman–Crippen MR) is 190 cm³/mol. The molecule has 0 spiro atoms. The molecule has 2 aromatic carbocycles. The van der Waals surface area contributed by atoms with Gasteiger partial charge in [0.05, 0.1) is 4.60 Å². The van der Waals surface area contributed by atoms with Crippen molar-refractivity contribution in [3.05, 3.63) is 70.5 Å². The SMILES string of the molecule is CC(C)C[C@H](NC(=O)N1[C@H](C)CCC[C@@H]1C)C(=O)N[C@H](Cc1c(Br)[nH]c2ccccc12)C(=O)N[C@H](Cc1c[nH]c2ccccc12)C(=O)O. The first-order chi connectivity index (χ1) is 22.9. The number of nitrogens with one attached hydrogen (secondary N) is 5. The van der Waals surface area contributed by atoms with Gasteiger partial charge in [-0.25, -0.2) is 9.59 Å². The molecule has 12 heteroatoms. The number of rotatable bonds is 12. The average molecular weight is 722 g/mol. The van der Waals surface area contributed by atoms with Gasteiger partial charge in [-0.3, -0.25) is 9.59 Å². The Morgan fingerprint density at radius 1 is 0.854 bits per heavy atom. The number of hydrogen-bond acceptors (Lipinski definition) is 4. The Kier molecular flexibility index (Phi) is 11.1. The van der Waals surface area contributed by atoms with Crippen molar-refractivity contribution in [2.24, 2.45) is 5.92 Å². The van der Waals surface area contributed by atoms with Gasteiger partial charge in [-0.2, -0.15) is 0 Å². The number of carboxylic acids is 1. The maximum absolute atomic E-state index is 14.0. The van der Waals surface area contributed by atoms with Crippen LogP contribution in [0.15, 0.2) is 59.3 Å². The first-order valence-corrected chi connectivity index (χ1v) is 17.4. The number of nitrogens with zero attached hydrogens (tertiary/aromatic N) is 1. The van der Waals surface area contributed by atoms with E-state index in [2.05, 4.69) is 41.8 Å². The molecule has 5 atom stereocenters. The third-order valence-corrected chi connectivity index (χ3v) is 9.94. The fraction of sp³-hybridized carbons (Fsp3) is 0.444. The van der Waals surface area contributed by atoms with Crippen molar-refractivity contribution in [2.75, 3.05) is 0 Å². The number of piperidine rings is 1. The lowest BCUT2D eigenvalue weighted by molar-refractivity contribution is -0.142. The molecule has 4 amide bonds. The number of aromatic nitrogens is 2. The minimum Gasteiger partial charge on any atom is -0.480 e. The first kappa shape index (κ1) is 35.0. The minimum absolute atomic E-state index is 0.0411. The van der Waals surface area contributed by atoms with Gasteiger partial charge >= 0.3 is 12.0 Å². The number of H-pyrrole nitrogens is 2. The number of halogens is 1. The zero-order chi connectivity index (χ0) is 34.5. The molecule has 5 rings (SSSR count). The van der Waals surface area contributed by atoms with E-state index in [0.717, 1.165) is 52.2 Å². The topological polar surface area (TPSA) is 159 Å². The van der Waals surface area contributed by atoms with Crippen LogP contribution in [0.25, 0.3) is 21.8 Å². The minimum atomic E-state index is -1.25. The van der Waals surface area contributed by atoms with Gasteiger partial charge in [-0.1, -0.05) is 50.2 Å². The lowest BCUT2D eigenvalue weighted by atomic mass is 9.97. The van der Waals surface area contributed by atoms with Gasteiger partial charge in [0.2, 0.25) is 11.8 Å². The molecule has 0 unspecified atom stereocenters. The van der Waals surface area contributed by atoms with Gasteiger partial charge in [0.1, 0.15) is 18.1 Å². The van der Waals surface area contributed by atoms with E-state index < -0.39 is 35.9 Å². The summed E-state index contributed by atoms with van der Waals surface area (Å²) >= 11 is 3.58. The van der Waals surface area contributed by atoms with Crippen molar-refractivity contribution in [3.63, 3.8) is 0 Å². The van der Waals surface area contributed by atoms with Crippen molar-refractivity contribution >= 4 is 61.6 Å². The monoisotopic (exact) mass is 720 g/mol. The van der Waals surface area contributed by atoms with E-state index in [1.54, 1.807) is 11.1 Å². The lowest BCUT2D eigenvalue weighted by Crippen LogP contribution is -2.59. The van der Waals surface area contributed by atoms with Gasteiger partial charge in [0.15, 0.2) is 0 Å². The lowest BCUT2D eigenvalue weighted by Gasteiger charge is -2.39. The Bertz CT molecular complexity index is 1770. The predicted octanol–water partition coefficient (Wildman–Crippen LogP) is 5.64. The van der Waals surface area contributed by atoms with Crippen molar-refractivity contribution < 1.29 is 24.3 Å². The average Bonchev–Trinajstić information content (AvgIpc) is 3.59. The normalized spacial score (nSPS) is 18.4. The molecule has 256 valence electrons. The fourth-order valence-electron chi connectivity index (χ4n) is 6.79. The van der Waals surface area contributed by atoms with Gasteiger partial charge in [-0.15, -0.1) is 0 Å². The Hall–Kier alpha value is -4.32. The zero-order valence-corrected chi connectivity index (χ0v) is 29.4. The summed E-state index contributed by atoms with van der Waals surface area (Å²) < 4.78 is 0.657. The number of likely N-dealkylation sites (tertiary alicyclic amines) is 1. The highest BCUT2D eigenvalue weighted by Gasteiger charge is 2.34. The molecule has 0 bridgehead atoms. The highest BCUT2D eigenvalue weighted by molar-refractivity contribution is 9.10. The van der Waals surface area contributed by atoms with Crippen LogP contribution >= 0.6 is 15.9 Å². The summed E-state index contributed by atoms with van der Waals surface area (Å²) in [6.45, 7) is 7.96. The molecule has 48 heavy (non-hydrogen) atoms. The number of para-hydroxylation sites is 2. The molecule has 1 fully saturated rings. The van der Waals surface area contributed by atoms with Crippen molar-refractivity contribution in [1.29, 1.82) is 0 Å². The summed E-state index contributed by atoms with van der Waals surface area (Å²) in [5.41, 5.74) is 3.22.